The Morgan fingerprint density at radius 1 is 0.955 bits per heavy atom. The van der Waals surface area contributed by atoms with E-state index in [4.69, 9.17) is 0 Å². The summed E-state index contributed by atoms with van der Waals surface area (Å²) in [7, 11) is 0. The number of aromatic amines is 2. The number of nitrogens with one attached hydrogen (secondary N) is 2. The summed E-state index contributed by atoms with van der Waals surface area (Å²) >= 11 is 0. The first-order valence-electron chi connectivity index (χ1n) is 6.85. The summed E-state index contributed by atoms with van der Waals surface area (Å²) in [6.45, 7) is 0.739. The van der Waals surface area contributed by atoms with Crippen LogP contribution in [0.15, 0.2) is 55.5 Å². The smallest absolute Gasteiger partial charge is 0.122 e. The zero-order valence-corrected chi connectivity index (χ0v) is 11.6. The van der Waals surface area contributed by atoms with Crippen molar-refractivity contribution in [2.45, 2.75) is 6.54 Å². The quantitative estimate of drug-likeness (QED) is 0.602. The molecule has 0 fully saturated rings. The molecule has 0 aliphatic heterocycles. The first-order chi connectivity index (χ1) is 10.9. The highest BCUT2D eigenvalue weighted by atomic mass is 15.3. The van der Waals surface area contributed by atoms with Crippen LogP contribution in [0.2, 0.25) is 0 Å². The summed E-state index contributed by atoms with van der Waals surface area (Å²) in [5, 5.41) is 11.2. The van der Waals surface area contributed by atoms with Crippen LogP contribution in [-0.2, 0) is 6.54 Å². The van der Waals surface area contributed by atoms with Gasteiger partial charge in [-0.25, -0.2) is 4.98 Å². The zero-order chi connectivity index (χ0) is 14.8. The van der Waals surface area contributed by atoms with Gasteiger partial charge in [-0.2, -0.15) is 15.4 Å². The summed E-state index contributed by atoms with van der Waals surface area (Å²) in [5.41, 5.74) is 4.69. The minimum absolute atomic E-state index is 0.739. The number of nitrogens with zero attached hydrogens (tertiary/aromatic N) is 5. The van der Waals surface area contributed by atoms with E-state index in [9.17, 15) is 0 Å². The Morgan fingerprint density at radius 2 is 1.77 bits per heavy atom. The predicted octanol–water partition coefficient (Wildman–Crippen LogP) is 2.11. The fraction of sp³-hybridized carbons (Fsp3) is 0.0667. The van der Waals surface area contributed by atoms with Crippen molar-refractivity contribution in [1.82, 2.24) is 34.9 Å². The molecule has 0 spiro atoms. The number of hydrogen-bond donors (Lipinski definition) is 2. The average molecular weight is 291 g/mol. The fourth-order valence-corrected chi connectivity index (χ4v) is 2.39. The van der Waals surface area contributed by atoms with E-state index in [0.717, 1.165) is 34.8 Å². The summed E-state index contributed by atoms with van der Waals surface area (Å²) in [5.74, 6) is 0. The molecule has 4 aromatic rings. The fourth-order valence-electron chi connectivity index (χ4n) is 2.39. The number of hydrogen-bond acceptors (Lipinski definition) is 4. The van der Waals surface area contributed by atoms with Gasteiger partial charge in [-0.05, 0) is 18.2 Å². The number of H-pyrrole nitrogens is 2. The summed E-state index contributed by atoms with van der Waals surface area (Å²) in [6.07, 6.45) is 10.9. The Bertz CT molecular complexity index is 858. The van der Waals surface area contributed by atoms with Crippen molar-refractivity contribution >= 4 is 0 Å². The zero-order valence-electron chi connectivity index (χ0n) is 11.6. The lowest BCUT2D eigenvalue weighted by molar-refractivity contribution is 0.779. The van der Waals surface area contributed by atoms with Gasteiger partial charge in [0.05, 0.1) is 12.9 Å². The molecule has 2 N–H and O–H groups in total. The molecular formula is C15H13N7. The molecular weight excluding hydrogens is 278 g/mol. The van der Waals surface area contributed by atoms with Crippen LogP contribution in [-0.4, -0.2) is 34.9 Å². The summed E-state index contributed by atoms with van der Waals surface area (Å²) in [4.78, 5) is 11.3. The summed E-state index contributed by atoms with van der Waals surface area (Å²) < 4.78 is 2.00. The molecule has 4 aromatic heterocycles. The predicted molar refractivity (Wildman–Crippen MR) is 80.7 cm³/mol. The molecule has 4 rings (SSSR count). The molecule has 0 saturated carbocycles. The Balaban J connectivity index is 1.66. The molecule has 0 saturated heterocycles. The van der Waals surface area contributed by atoms with Crippen molar-refractivity contribution in [3.63, 3.8) is 0 Å². The first kappa shape index (κ1) is 12.5. The Morgan fingerprint density at radius 3 is 2.55 bits per heavy atom. The van der Waals surface area contributed by atoms with Crippen molar-refractivity contribution in [1.29, 1.82) is 0 Å². The van der Waals surface area contributed by atoms with E-state index in [-0.39, 0.29) is 0 Å². The third-order valence-electron chi connectivity index (χ3n) is 3.43. The van der Waals surface area contributed by atoms with Crippen LogP contribution >= 0.6 is 0 Å². The molecule has 0 aliphatic rings. The maximum atomic E-state index is 4.28. The molecule has 7 heteroatoms. The third kappa shape index (κ3) is 2.28. The maximum absolute atomic E-state index is 4.28. The topological polar surface area (TPSA) is 88.1 Å². The molecule has 0 radical (unpaired) electrons. The monoisotopic (exact) mass is 291 g/mol. The van der Waals surface area contributed by atoms with Gasteiger partial charge in [0.1, 0.15) is 11.4 Å². The Labute approximate surface area is 126 Å². The van der Waals surface area contributed by atoms with E-state index in [1.54, 1.807) is 24.9 Å². The second kappa shape index (κ2) is 5.28. The van der Waals surface area contributed by atoms with Gasteiger partial charge in [0.25, 0.3) is 0 Å². The van der Waals surface area contributed by atoms with Crippen molar-refractivity contribution in [2.75, 3.05) is 0 Å². The molecule has 0 unspecified atom stereocenters. The first-order valence-corrected chi connectivity index (χ1v) is 6.85. The summed E-state index contributed by atoms with van der Waals surface area (Å²) in [6, 6.07) is 5.91. The number of rotatable bonds is 4. The van der Waals surface area contributed by atoms with Crippen LogP contribution in [0.5, 0.6) is 0 Å². The van der Waals surface area contributed by atoms with Crippen LogP contribution in [0.4, 0.5) is 0 Å². The van der Waals surface area contributed by atoms with Crippen LogP contribution in [0.1, 0.15) is 5.69 Å². The van der Waals surface area contributed by atoms with Crippen LogP contribution in [0.25, 0.3) is 22.5 Å². The van der Waals surface area contributed by atoms with E-state index in [1.165, 1.54) is 0 Å². The second-order valence-electron chi connectivity index (χ2n) is 4.91. The number of aromatic nitrogens is 7. The molecule has 7 nitrogen and oxygen atoms in total. The van der Waals surface area contributed by atoms with Gasteiger partial charge in [-0.3, -0.25) is 4.98 Å². The molecule has 0 atom stereocenters. The van der Waals surface area contributed by atoms with Crippen molar-refractivity contribution in [3.8, 4) is 22.5 Å². The molecule has 0 bridgehead atoms. The van der Waals surface area contributed by atoms with E-state index >= 15 is 0 Å². The highest BCUT2D eigenvalue weighted by Gasteiger charge is 2.13. The minimum Gasteiger partial charge on any atom is -0.363 e. The van der Waals surface area contributed by atoms with Crippen molar-refractivity contribution in [3.05, 3.63) is 61.2 Å². The Hall–Kier alpha value is -3.22. The van der Waals surface area contributed by atoms with Crippen molar-refractivity contribution in [2.24, 2.45) is 0 Å². The molecule has 108 valence electrons. The lowest BCUT2D eigenvalue weighted by Crippen LogP contribution is -1.95. The van der Waals surface area contributed by atoms with Gasteiger partial charge in [0.15, 0.2) is 0 Å². The average Bonchev–Trinajstić information content (AvgIpc) is 3.29. The molecule has 4 heterocycles. The van der Waals surface area contributed by atoms with Gasteiger partial charge in [-0.15, -0.1) is 0 Å². The Kier molecular flexibility index (Phi) is 3.01. The van der Waals surface area contributed by atoms with E-state index in [0.29, 0.717) is 0 Å². The van der Waals surface area contributed by atoms with Crippen molar-refractivity contribution < 1.29 is 0 Å². The van der Waals surface area contributed by atoms with Gasteiger partial charge >= 0.3 is 0 Å². The molecule has 0 aliphatic carbocycles. The highest BCUT2D eigenvalue weighted by Crippen LogP contribution is 2.28. The maximum Gasteiger partial charge on any atom is 0.122 e. The number of imidazole rings is 1. The van der Waals surface area contributed by atoms with Gasteiger partial charge in [0, 0.05) is 47.8 Å². The van der Waals surface area contributed by atoms with Crippen LogP contribution in [0, 0.1) is 0 Å². The SMILES string of the molecule is c1cc(-c2n[nH]nc2-c2c[nH]c(Cn3ccnc3)c2)ccn1. The standard InChI is InChI=1S/C15H13N7/c1-3-16-4-2-11(1)14-15(20-21-19-14)12-7-13(18-8-12)9-22-6-5-17-10-22/h1-8,10,18H,9H2,(H,19,20,21). The third-order valence-corrected chi connectivity index (χ3v) is 3.43. The van der Waals surface area contributed by atoms with Crippen LogP contribution in [0.3, 0.4) is 0 Å². The van der Waals surface area contributed by atoms with Gasteiger partial charge < -0.3 is 9.55 Å². The highest BCUT2D eigenvalue weighted by molar-refractivity contribution is 5.77. The van der Waals surface area contributed by atoms with E-state index in [2.05, 4.69) is 36.4 Å². The lowest BCUT2D eigenvalue weighted by Gasteiger charge is -1.99. The number of pyridine rings is 1. The van der Waals surface area contributed by atoms with Gasteiger partial charge in [0.2, 0.25) is 0 Å². The molecule has 0 amide bonds. The van der Waals surface area contributed by atoms with E-state index in [1.807, 2.05) is 29.1 Å². The minimum atomic E-state index is 0.739. The normalized spacial score (nSPS) is 10.9. The second-order valence-corrected chi connectivity index (χ2v) is 4.91. The van der Waals surface area contributed by atoms with Crippen LogP contribution < -0.4 is 0 Å². The van der Waals surface area contributed by atoms with E-state index < -0.39 is 0 Å². The van der Waals surface area contributed by atoms with Gasteiger partial charge in [-0.1, -0.05) is 0 Å². The largest absolute Gasteiger partial charge is 0.363 e. The lowest BCUT2D eigenvalue weighted by atomic mass is 10.1. The molecule has 22 heavy (non-hydrogen) atoms. The molecule has 0 aromatic carbocycles.